The average Bonchev–Trinajstić information content (AvgIpc) is 3.31. The average molecular weight is 414 g/mol. The van der Waals surface area contributed by atoms with Crippen LogP contribution in [0.3, 0.4) is 0 Å². The van der Waals surface area contributed by atoms with Gasteiger partial charge in [0.05, 0.1) is 16.8 Å². The zero-order valence-corrected chi connectivity index (χ0v) is 16.7. The molecule has 0 spiro atoms. The summed E-state index contributed by atoms with van der Waals surface area (Å²) in [4.78, 5) is 0.241. The minimum Gasteiger partial charge on any atom is -0.381 e. The van der Waals surface area contributed by atoms with Crippen LogP contribution in [0.5, 0.6) is 0 Å². The van der Waals surface area contributed by atoms with Crippen LogP contribution in [0.1, 0.15) is 18.4 Å². The third-order valence-electron chi connectivity index (χ3n) is 5.02. The molecule has 2 aromatic carbocycles. The molecule has 0 aliphatic heterocycles. The van der Waals surface area contributed by atoms with E-state index < -0.39 is 20.5 Å². The van der Waals surface area contributed by atoms with Gasteiger partial charge in [-0.25, -0.2) is 8.42 Å². The van der Waals surface area contributed by atoms with Crippen LogP contribution >= 0.6 is 23.2 Å². The lowest BCUT2D eigenvalue weighted by Gasteiger charge is -2.16. The summed E-state index contributed by atoms with van der Waals surface area (Å²) in [7, 11) is -3.60. The van der Waals surface area contributed by atoms with Gasteiger partial charge in [0.1, 0.15) is 0 Å². The minimum absolute atomic E-state index is 0.210. The Balaban J connectivity index is 2.05. The fraction of sp³-hybridized carbons (Fsp3) is 0.368. The Morgan fingerprint density at radius 2 is 1.81 bits per heavy atom. The van der Waals surface area contributed by atoms with Gasteiger partial charge >= 0.3 is 0 Å². The van der Waals surface area contributed by atoms with Crippen LogP contribution < -0.4 is 5.73 Å². The maximum atomic E-state index is 13.3. The first-order valence-electron chi connectivity index (χ1n) is 8.39. The van der Waals surface area contributed by atoms with Crippen molar-refractivity contribution < 1.29 is 13.2 Å². The standard InChI is InChI=1S/C19H21Cl2NO3S/c1-2-25-12-19(11-22)17(13-4-3-5-15(21)10-13)18(19)26(23,24)16-8-6-14(20)7-9-16/h3-10,17-18H,2,11-12,22H2,1H3/t17-,18-,19+/m0/s1. The van der Waals surface area contributed by atoms with Crippen LogP contribution in [-0.2, 0) is 14.6 Å². The van der Waals surface area contributed by atoms with Crippen molar-refractivity contribution in [3.8, 4) is 0 Å². The number of ether oxygens (including phenoxy) is 1. The second kappa shape index (κ2) is 7.49. The highest BCUT2D eigenvalue weighted by molar-refractivity contribution is 7.92. The molecule has 3 atom stereocenters. The number of halogens is 2. The quantitative estimate of drug-likeness (QED) is 0.746. The molecule has 0 aromatic heterocycles. The van der Waals surface area contributed by atoms with Crippen molar-refractivity contribution >= 4 is 33.0 Å². The highest BCUT2D eigenvalue weighted by atomic mass is 35.5. The van der Waals surface area contributed by atoms with Crippen LogP contribution in [0.25, 0.3) is 0 Å². The van der Waals surface area contributed by atoms with Gasteiger partial charge in [-0.2, -0.15) is 0 Å². The summed E-state index contributed by atoms with van der Waals surface area (Å²) >= 11 is 12.0. The molecule has 7 heteroatoms. The Hall–Kier alpha value is -1.11. The molecule has 0 unspecified atom stereocenters. The topological polar surface area (TPSA) is 69.4 Å². The van der Waals surface area contributed by atoms with Crippen LogP contribution in [-0.4, -0.2) is 33.4 Å². The number of sulfone groups is 1. The van der Waals surface area contributed by atoms with Crippen molar-refractivity contribution in [2.75, 3.05) is 19.8 Å². The van der Waals surface area contributed by atoms with E-state index in [1.807, 2.05) is 19.1 Å². The van der Waals surface area contributed by atoms with Gasteiger partial charge in [0, 0.05) is 34.5 Å². The Kier molecular flexibility index (Phi) is 5.66. The number of rotatable bonds is 7. The smallest absolute Gasteiger partial charge is 0.182 e. The summed E-state index contributed by atoms with van der Waals surface area (Å²) in [6.07, 6.45) is 0. The first-order chi connectivity index (χ1) is 12.4. The molecule has 1 aliphatic carbocycles. The molecular weight excluding hydrogens is 393 g/mol. The first kappa shape index (κ1) is 19.6. The van der Waals surface area contributed by atoms with Crippen molar-refractivity contribution in [2.24, 2.45) is 11.1 Å². The van der Waals surface area contributed by atoms with E-state index in [1.165, 1.54) is 12.1 Å². The van der Waals surface area contributed by atoms with Gasteiger partial charge in [-0.15, -0.1) is 0 Å². The lowest BCUT2D eigenvalue weighted by atomic mass is 10.00. The number of hydrogen-bond donors (Lipinski definition) is 1. The summed E-state index contributed by atoms with van der Waals surface area (Å²) in [5, 5.41) is 0.399. The number of benzene rings is 2. The van der Waals surface area contributed by atoms with Crippen LogP contribution in [0.15, 0.2) is 53.4 Å². The molecule has 3 rings (SSSR count). The fourth-order valence-electron chi connectivity index (χ4n) is 3.69. The third kappa shape index (κ3) is 3.39. The molecule has 0 radical (unpaired) electrons. The molecule has 26 heavy (non-hydrogen) atoms. The van der Waals surface area contributed by atoms with Crippen molar-refractivity contribution in [1.82, 2.24) is 0 Å². The predicted molar refractivity (Wildman–Crippen MR) is 105 cm³/mol. The Bertz CT molecular complexity index is 886. The largest absolute Gasteiger partial charge is 0.381 e. The molecule has 140 valence electrons. The third-order valence-corrected chi connectivity index (χ3v) is 7.85. The lowest BCUT2D eigenvalue weighted by molar-refractivity contribution is 0.101. The van der Waals surface area contributed by atoms with Crippen molar-refractivity contribution in [3.05, 3.63) is 64.1 Å². The zero-order chi connectivity index (χ0) is 18.9. The molecule has 2 N–H and O–H groups in total. The molecule has 0 saturated heterocycles. The van der Waals surface area contributed by atoms with Crippen LogP contribution in [0.4, 0.5) is 0 Å². The van der Waals surface area contributed by atoms with E-state index >= 15 is 0 Å². The maximum Gasteiger partial charge on any atom is 0.182 e. The fourth-order valence-corrected chi connectivity index (χ4v) is 6.46. The highest BCUT2D eigenvalue weighted by Crippen LogP contribution is 2.63. The summed E-state index contributed by atoms with van der Waals surface area (Å²) in [6, 6.07) is 13.5. The number of nitrogens with two attached hydrogens (primary N) is 1. The van der Waals surface area contributed by atoms with E-state index in [0.29, 0.717) is 16.7 Å². The predicted octanol–water partition coefficient (Wildman–Crippen LogP) is 3.91. The highest BCUT2D eigenvalue weighted by Gasteiger charge is 2.70. The molecule has 1 aliphatic rings. The summed E-state index contributed by atoms with van der Waals surface area (Å²) in [5.74, 6) is -0.265. The van der Waals surface area contributed by atoms with Gasteiger partial charge in [-0.1, -0.05) is 35.3 Å². The normalized spacial score (nSPS) is 25.2. The van der Waals surface area contributed by atoms with E-state index in [0.717, 1.165) is 5.56 Å². The minimum atomic E-state index is -3.60. The van der Waals surface area contributed by atoms with Crippen LogP contribution in [0.2, 0.25) is 10.0 Å². The molecule has 1 fully saturated rings. The van der Waals surface area contributed by atoms with Gasteiger partial charge in [0.2, 0.25) is 0 Å². The van der Waals surface area contributed by atoms with Crippen molar-refractivity contribution in [1.29, 1.82) is 0 Å². The van der Waals surface area contributed by atoms with E-state index in [4.69, 9.17) is 33.7 Å². The lowest BCUT2D eigenvalue weighted by Crippen LogP contribution is -2.29. The van der Waals surface area contributed by atoms with Gasteiger partial charge in [0.15, 0.2) is 9.84 Å². The number of hydrogen-bond acceptors (Lipinski definition) is 4. The summed E-state index contributed by atoms with van der Waals surface area (Å²) in [6.45, 7) is 2.87. The van der Waals surface area contributed by atoms with Crippen molar-refractivity contribution in [2.45, 2.75) is 23.0 Å². The zero-order valence-electron chi connectivity index (χ0n) is 14.4. The SMILES string of the molecule is CCOC[C@]1(CN)[C@@H](c2cccc(Cl)c2)[C@@H]1S(=O)(=O)c1ccc(Cl)cc1. The Labute approximate surface area is 164 Å². The first-order valence-corrected chi connectivity index (χ1v) is 10.7. The van der Waals surface area contributed by atoms with E-state index in [1.54, 1.807) is 24.3 Å². The molecule has 4 nitrogen and oxygen atoms in total. The van der Waals surface area contributed by atoms with Crippen molar-refractivity contribution in [3.63, 3.8) is 0 Å². The maximum absolute atomic E-state index is 13.3. The van der Waals surface area contributed by atoms with Gasteiger partial charge in [-0.05, 0) is 48.9 Å². The summed E-state index contributed by atoms with van der Waals surface area (Å²) < 4.78 is 32.3. The Morgan fingerprint density at radius 3 is 2.38 bits per heavy atom. The van der Waals surface area contributed by atoms with Gasteiger partial charge in [-0.3, -0.25) is 0 Å². The molecule has 0 heterocycles. The van der Waals surface area contributed by atoms with Crippen LogP contribution in [0, 0.1) is 5.41 Å². The van der Waals surface area contributed by atoms with E-state index in [2.05, 4.69) is 0 Å². The monoisotopic (exact) mass is 413 g/mol. The Morgan fingerprint density at radius 1 is 1.12 bits per heavy atom. The van der Waals surface area contributed by atoms with E-state index in [9.17, 15) is 8.42 Å². The molecule has 0 bridgehead atoms. The van der Waals surface area contributed by atoms with E-state index in [-0.39, 0.29) is 24.0 Å². The second-order valence-corrected chi connectivity index (χ2v) is 9.47. The second-order valence-electron chi connectivity index (χ2n) is 6.53. The van der Waals surface area contributed by atoms with Gasteiger partial charge < -0.3 is 10.5 Å². The molecule has 0 amide bonds. The molecular formula is C19H21Cl2NO3S. The summed E-state index contributed by atoms with van der Waals surface area (Å²) in [5.41, 5.74) is 6.26. The van der Waals surface area contributed by atoms with Gasteiger partial charge in [0.25, 0.3) is 0 Å². The molecule has 1 saturated carbocycles. The molecule has 2 aromatic rings.